The van der Waals surface area contributed by atoms with Crippen LogP contribution in [0, 0.1) is 51.4 Å². The zero-order valence-electron chi connectivity index (χ0n) is 22.1. The molecule has 5 nitrogen and oxygen atoms in total. The fraction of sp³-hybridized carbons (Fsp3) is 0.733. The molecule has 0 aliphatic heterocycles. The van der Waals surface area contributed by atoms with E-state index in [1.807, 2.05) is 12.2 Å². The van der Waals surface area contributed by atoms with Crippen LogP contribution in [0.3, 0.4) is 0 Å². The lowest BCUT2D eigenvalue weighted by molar-refractivity contribution is -0.190. The van der Waals surface area contributed by atoms with E-state index in [0.717, 1.165) is 50.5 Å². The molecule has 0 unspecified atom stereocenters. The number of fused-ring (bicyclic) bond motifs is 7. The molecule has 5 aliphatic rings. The number of Topliss-reactive ketones (excluding diaryl/α,β-unsaturated/α-hetero) is 1. The number of methoxy groups -OCH3 is 1. The third kappa shape index (κ3) is 3.01. The van der Waals surface area contributed by atoms with Crippen molar-refractivity contribution in [2.45, 2.75) is 86.0 Å². The summed E-state index contributed by atoms with van der Waals surface area (Å²) in [6, 6.07) is 0. The van der Waals surface area contributed by atoms with Crippen molar-refractivity contribution in [1.82, 2.24) is 0 Å². The van der Waals surface area contributed by atoms with E-state index in [1.165, 1.54) is 7.11 Å². The van der Waals surface area contributed by atoms with Crippen LogP contribution in [-0.2, 0) is 19.1 Å². The van der Waals surface area contributed by atoms with Crippen LogP contribution in [0.15, 0.2) is 23.4 Å². The summed E-state index contributed by atoms with van der Waals surface area (Å²) in [4.78, 5) is 43.6. The fourth-order valence-corrected chi connectivity index (χ4v) is 9.31. The average molecular weight is 478 g/mol. The molecule has 7 atom stereocenters. The van der Waals surface area contributed by atoms with Crippen LogP contribution < -0.4 is 0 Å². The minimum atomic E-state index is -0.582. The van der Waals surface area contributed by atoms with E-state index in [4.69, 9.17) is 11.3 Å². The number of ketones is 2. The minimum absolute atomic E-state index is 0.0348. The standard InChI is InChI=1S/C30H39NO4/c1-26(2)10-12-30(25(34)35-7)13-11-29(5)24(19(30)16-26)22(33)15-23-27(3)17-20(31-6)21(32)14-18(27)8-9-28(23,29)4/h15,17-19,24H,8-14,16H2,1-5,7H3/t18-,19-,24-,27-,28+,29+,30-/m0/s1. The van der Waals surface area contributed by atoms with Gasteiger partial charge in [0.25, 0.3) is 0 Å². The number of carbonyl (C=O) groups excluding carboxylic acids is 3. The Morgan fingerprint density at radius 3 is 2.40 bits per heavy atom. The summed E-state index contributed by atoms with van der Waals surface area (Å²) in [7, 11) is 1.48. The van der Waals surface area contributed by atoms with Crippen LogP contribution in [0.25, 0.3) is 4.85 Å². The molecule has 35 heavy (non-hydrogen) atoms. The van der Waals surface area contributed by atoms with Crippen molar-refractivity contribution in [2.24, 2.45) is 44.8 Å². The van der Waals surface area contributed by atoms with Gasteiger partial charge in [-0.25, -0.2) is 4.85 Å². The lowest BCUT2D eigenvalue weighted by atomic mass is 9.35. The topological polar surface area (TPSA) is 64.8 Å². The largest absolute Gasteiger partial charge is 0.469 e. The molecule has 0 aromatic rings. The first-order chi connectivity index (χ1) is 16.3. The number of nitrogens with zero attached hydrogens (tertiary/aromatic N) is 1. The molecule has 0 spiro atoms. The Bertz CT molecular complexity index is 1120. The predicted octanol–water partition coefficient (Wildman–Crippen LogP) is 6.10. The highest BCUT2D eigenvalue weighted by Gasteiger charge is 2.69. The smallest absolute Gasteiger partial charge is 0.312 e. The number of allylic oxidation sites excluding steroid dienone is 4. The van der Waals surface area contributed by atoms with Gasteiger partial charge in [-0.05, 0) is 79.1 Å². The molecule has 0 bridgehead atoms. The Kier molecular flexibility index (Phi) is 5.18. The summed E-state index contributed by atoms with van der Waals surface area (Å²) in [6.45, 7) is 18.8. The van der Waals surface area contributed by atoms with E-state index >= 15 is 0 Å². The summed E-state index contributed by atoms with van der Waals surface area (Å²) >= 11 is 0. The van der Waals surface area contributed by atoms with Gasteiger partial charge >= 0.3 is 5.97 Å². The van der Waals surface area contributed by atoms with Crippen LogP contribution in [0.5, 0.6) is 0 Å². The van der Waals surface area contributed by atoms with E-state index in [-0.39, 0.29) is 57.2 Å². The maximum absolute atomic E-state index is 14.2. The number of carbonyl (C=O) groups is 3. The molecule has 5 aliphatic carbocycles. The summed E-state index contributed by atoms with van der Waals surface area (Å²) < 4.78 is 5.39. The van der Waals surface area contributed by atoms with Crippen LogP contribution >= 0.6 is 0 Å². The van der Waals surface area contributed by atoms with Gasteiger partial charge in [-0.15, -0.1) is 0 Å². The van der Waals surface area contributed by atoms with Gasteiger partial charge in [-0.1, -0.05) is 46.3 Å². The molecular weight excluding hydrogens is 438 g/mol. The molecule has 0 radical (unpaired) electrons. The Morgan fingerprint density at radius 1 is 1.06 bits per heavy atom. The molecule has 0 heterocycles. The molecule has 0 aromatic heterocycles. The van der Waals surface area contributed by atoms with Gasteiger partial charge in [-0.2, -0.15) is 0 Å². The zero-order valence-corrected chi connectivity index (χ0v) is 22.1. The van der Waals surface area contributed by atoms with Crippen molar-refractivity contribution < 1.29 is 19.1 Å². The average Bonchev–Trinajstić information content (AvgIpc) is 2.80. The third-order valence-corrected chi connectivity index (χ3v) is 11.6. The highest BCUT2D eigenvalue weighted by Crippen LogP contribution is 2.73. The molecule has 3 saturated carbocycles. The zero-order chi connectivity index (χ0) is 25.6. The Labute approximate surface area is 209 Å². The van der Waals surface area contributed by atoms with Crippen molar-refractivity contribution in [3.63, 3.8) is 0 Å². The second-order valence-corrected chi connectivity index (χ2v) is 13.6. The molecule has 0 aromatic carbocycles. The second-order valence-electron chi connectivity index (χ2n) is 13.6. The normalized spacial score (nSPS) is 46.0. The number of rotatable bonds is 1. The van der Waals surface area contributed by atoms with Gasteiger partial charge in [0.2, 0.25) is 5.70 Å². The Hall–Kier alpha value is -2.22. The first-order valence-corrected chi connectivity index (χ1v) is 13.3. The first kappa shape index (κ1) is 24.5. The Morgan fingerprint density at radius 2 is 1.74 bits per heavy atom. The lowest BCUT2D eigenvalue weighted by Crippen LogP contribution is -2.65. The lowest BCUT2D eigenvalue weighted by Gasteiger charge is -2.68. The van der Waals surface area contributed by atoms with Crippen molar-refractivity contribution in [2.75, 3.05) is 7.11 Å². The van der Waals surface area contributed by atoms with E-state index < -0.39 is 10.8 Å². The van der Waals surface area contributed by atoms with Crippen molar-refractivity contribution in [3.8, 4) is 0 Å². The quantitative estimate of drug-likeness (QED) is 0.338. The monoisotopic (exact) mass is 477 g/mol. The molecule has 3 fully saturated rings. The first-order valence-electron chi connectivity index (χ1n) is 13.3. The van der Waals surface area contributed by atoms with Crippen LogP contribution in [0.1, 0.15) is 86.0 Å². The number of hydrogen-bond donors (Lipinski definition) is 0. The van der Waals surface area contributed by atoms with Crippen LogP contribution in [-0.4, -0.2) is 24.6 Å². The second kappa shape index (κ2) is 7.40. The minimum Gasteiger partial charge on any atom is -0.469 e. The molecule has 5 heteroatoms. The van der Waals surface area contributed by atoms with Crippen molar-refractivity contribution >= 4 is 17.5 Å². The molecule has 0 N–H and O–H groups in total. The highest BCUT2D eigenvalue weighted by molar-refractivity contribution is 5.99. The predicted molar refractivity (Wildman–Crippen MR) is 133 cm³/mol. The van der Waals surface area contributed by atoms with Gasteiger partial charge < -0.3 is 9.53 Å². The number of ether oxygens (including phenoxy) is 1. The van der Waals surface area contributed by atoms with Gasteiger partial charge in [0.1, 0.15) is 0 Å². The van der Waals surface area contributed by atoms with Crippen LogP contribution in [0.2, 0.25) is 0 Å². The van der Waals surface area contributed by atoms with E-state index in [1.54, 1.807) is 0 Å². The molecular formula is C30H39NO4. The summed E-state index contributed by atoms with van der Waals surface area (Å²) in [6.07, 6.45) is 10.1. The van der Waals surface area contributed by atoms with Crippen LogP contribution in [0.4, 0.5) is 0 Å². The SMILES string of the molecule is [C-]#[N+]C1=C[C@]2(C)C3=CC(=O)[C@@H]4[C@@H]5CC(C)(C)CC[C@]5(C(=O)OC)CC[C@@]4(C)[C@]3(C)CC[C@H]2CC1=O. The van der Waals surface area contributed by atoms with Gasteiger partial charge in [0.05, 0.1) is 19.1 Å². The maximum atomic E-state index is 14.2. The third-order valence-electron chi connectivity index (χ3n) is 11.6. The van der Waals surface area contributed by atoms with E-state index in [9.17, 15) is 14.4 Å². The number of esters is 1. The summed E-state index contributed by atoms with van der Waals surface area (Å²) in [5.74, 6) is -0.209. The summed E-state index contributed by atoms with van der Waals surface area (Å²) in [5, 5.41) is 0. The highest BCUT2D eigenvalue weighted by atomic mass is 16.5. The molecule has 188 valence electrons. The Balaban J connectivity index is 1.68. The van der Waals surface area contributed by atoms with E-state index in [0.29, 0.717) is 6.42 Å². The van der Waals surface area contributed by atoms with Gasteiger partial charge in [-0.3, -0.25) is 9.59 Å². The van der Waals surface area contributed by atoms with Gasteiger partial charge in [0, 0.05) is 17.8 Å². The molecule has 0 saturated heterocycles. The van der Waals surface area contributed by atoms with Gasteiger partial charge in [0.15, 0.2) is 11.6 Å². The fourth-order valence-electron chi connectivity index (χ4n) is 9.31. The number of hydrogen-bond acceptors (Lipinski definition) is 4. The maximum Gasteiger partial charge on any atom is 0.312 e. The molecule has 0 amide bonds. The van der Waals surface area contributed by atoms with Crippen molar-refractivity contribution in [1.29, 1.82) is 0 Å². The molecule has 5 rings (SSSR count). The van der Waals surface area contributed by atoms with Crippen molar-refractivity contribution in [3.05, 3.63) is 34.8 Å². The summed E-state index contributed by atoms with van der Waals surface area (Å²) in [5.41, 5.74) is -0.160. The van der Waals surface area contributed by atoms with E-state index in [2.05, 4.69) is 39.5 Å².